The van der Waals surface area contributed by atoms with Gasteiger partial charge in [0, 0.05) is 16.9 Å². The Kier molecular flexibility index (Phi) is 10.7. The van der Waals surface area contributed by atoms with Crippen molar-refractivity contribution < 1.29 is 5.11 Å². The van der Waals surface area contributed by atoms with Crippen molar-refractivity contribution in [3.63, 3.8) is 0 Å². The lowest BCUT2D eigenvalue weighted by Crippen LogP contribution is -2.32. The Morgan fingerprint density at radius 3 is 2.12 bits per heavy atom. The van der Waals surface area contributed by atoms with E-state index in [0.717, 1.165) is 12.1 Å². The molecule has 3 atom stereocenters. The number of aliphatic hydroxyl groups is 1. The lowest BCUT2D eigenvalue weighted by Gasteiger charge is -2.21. The highest BCUT2D eigenvalue weighted by Crippen LogP contribution is 2.21. The Morgan fingerprint density at radius 1 is 0.958 bits per heavy atom. The molecule has 0 amide bonds. The van der Waals surface area contributed by atoms with Crippen LogP contribution in [0, 0.1) is 0 Å². The minimum atomic E-state index is -0.433. The molecule has 3 unspecified atom stereocenters. The number of nitrogens with one attached hydrogen (secondary N) is 1. The van der Waals surface area contributed by atoms with Gasteiger partial charge in [-0.3, -0.25) is 0 Å². The number of aliphatic hydroxyl groups excluding tert-OH is 1. The van der Waals surface area contributed by atoms with Gasteiger partial charge in [-0.25, -0.2) is 0 Å². The second-order valence-electron chi connectivity index (χ2n) is 7.13. The van der Waals surface area contributed by atoms with E-state index in [1.807, 2.05) is 0 Å². The fourth-order valence-corrected chi connectivity index (χ4v) is 3.90. The third kappa shape index (κ3) is 7.58. The van der Waals surface area contributed by atoms with Gasteiger partial charge in [0.15, 0.2) is 4.90 Å². The van der Waals surface area contributed by atoms with Crippen molar-refractivity contribution in [2.75, 3.05) is 12.8 Å². The Balaban J connectivity index is 2.36. The van der Waals surface area contributed by atoms with E-state index < -0.39 is 6.10 Å². The molecule has 138 valence electrons. The predicted octanol–water partition coefficient (Wildman–Crippen LogP) is 5.07. The molecule has 0 aliphatic heterocycles. The van der Waals surface area contributed by atoms with E-state index in [9.17, 15) is 5.11 Å². The highest BCUT2D eigenvalue weighted by molar-refractivity contribution is 7.96. The Hall–Kier alpha value is -0.510. The van der Waals surface area contributed by atoms with Crippen molar-refractivity contribution >= 4 is 10.9 Å². The molecule has 0 saturated heterocycles. The number of rotatable bonds is 12. The third-order valence-electron chi connectivity index (χ3n) is 4.77. The van der Waals surface area contributed by atoms with E-state index in [1.54, 1.807) is 0 Å². The first-order valence-electron chi connectivity index (χ1n) is 9.63. The number of unbranched alkanes of at least 4 members (excludes halogenated alkanes) is 5. The molecule has 1 aromatic rings. The normalized spacial score (nSPS) is 15.5. The quantitative estimate of drug-likeness (QED) is 0.406. The molecule has 0 fully saturated rings. The van der Waals surface area contributed by atoms with E-state index >= 15 is 0 Å². The summed E-state index contributed by atoms with van der Waals surface area (Å²) in [4.78, 5) is 1.38. The molecule has 0 aliphatic carbocycles. The molecule has 3 heteroatoms. The van der Waals surface area contributed by atoms with Crippen LogP contribution in [0.25, 0.3) is 0 Å². The van der Waals surface area contributed by atoms with Gasteiger partial charge in [0.25, 0.3) is 0 Å². The Bertz CT molecular complexity index is 432. The zero-order chi connectivity index (χ0) is 17.9. The number of hydrogen-bond acceptors (Lipinski definition) is 2. The van der Waals surface area contributed by atoms with Gasteiger partial charge in [-0.1, -0.05) is 51.2 Å². The summed E-state index contributed by atoms with van der Waals surface area (Å²) in [5, 5.41) is 14.7. The van der Waals surface area contributed by atoms with E-state index in [4.69, 9.17) is 0 Å². The van der Waals surface area contributed by atoms with Crippen LogP contribution in [0.1, 0.15) is 77.9 Å². The summed E-state index contributed by atoms with van der Waals surface area (Å²) in [5.41, 5.74) is 1.02. The largest absolute Gasteiger partial charge is 0.387 e. The van der Waals surface area contributed by atoms with E-state index in [0.29, 0.717) is 5.25 Å². The average molecular weight is 353 g/mol. The zero-order valence-electron chi connectivity index (χ0n) is 16.3. The number of benzene rings is 1. The molecule has 0 spiro atoms. The first-order valence-corrected chi connectivity index (χ1v) is 11.3. The summed E-state index contributed by atoms with van der Waals surface area (Å²) in [5.74, 6) is 0. The summed E-state index contributed by atoms with van der Waals surface area (Å²) >= 11 is 0. The van der Waals surface area contributed by atoms with Gasteiger partial charge in [-0.05, 0) is 51.4 Å². The van der Waals surface area contributed by atoms with Crippen LogP contribution in [0.3, 0.4) is 0 Å². The maximum atomic E-state index is 10.5. The van der Waals surface area contributed by atoms with Crippen molar-refractivity contribution in [1.82, 2.24) is 5.32 Å². The van der Waals surface area contributed by atoms with Gasteiger partial charge in [0.05, 0.1) is 6.10 Å². The Morgan fingerprint density at radius 2 is 1.54 bits per heavy atom. The van der Waals surface area contributed by atoms with Crippen LogP contribution in [0.4, 0.5) is 0 Å². The summed E-state index contributed by atoms with van der Waals surface area (Å²) < 4.78 is 0. The summed E-state index contributed by atoms with van der Waals surface area (Å²) in [7, 11) is 0.275. The molecule has 0 aromatic heterocycles. The molecule has 24 heavy (non-hydrogen) atoms. The average Bonchev–Trinajstić information content (AvgIpc) is 2.59. The lowest BCUT2D eigenvalue weighted by molar-refractivity contribution is 0.136. The van der Waals surface area contributed by atoms with Crippen molar-refractivity contribution in [3.05, 3.63) is 29.8 Å². The molecular weight excluding hydrogens is 314 g/mol. The number of hydrogen-bond donors (Lipinski definition) is 2. The molecule has 1 rings (SSSR count). The van der Waals surface area contributed by atoms with Crippen molar-refractivity contribution in [2.24, 2.45) is 0 Å². The SMILES string of the molecule is CCCCCCCCNC(C)C(O)c1ccc([S+](C)C(C)C)cc1. The van der Waals surface area contributed by atoms with Gasteiger partial charge in [-0.15, -0.1) is 0 Å². The molecule has 0 radical (unpaired) electrons. The highest BCUT2D eigenvalue weighted by Gasteiger charge is 2.21. The molecule has 2 nitrogen and oxygen atoms in total. The van der Waals surface area contributed by atoms with Crippen LogP contribution in [-0.4, -0.2) is 29.2 Å². The van der Waals surface area contributed by atoms with Gasteiger partial charge in [0.2, 0.25) is 0 Å². The first kappa shape index (κ1) is 21.5. The van der Waals surface area contributed by atoms with E-state index in [1.165, 1.54) is 43.4 Å². The zero-order valence-corrected chi connectivity index (χ0v) is 17.2. The van der Waals surface area contributed by atoms with Gasteiger partial charge >= 0.3 is 0 Å². The highest BCUT2D eigenvalue weighted by atomic mass is 32.2. The van der Waals surface area contributed by atoms with Crippen LogP contribution in [0.5, 0.6) is 0 Å². The van der Waals surface area contributed by atoms with Crippen LogP contribution in [0.15, 0.2) is 29.2 Å². The maximum Gasteiger partial charge on any atom is 0.154 e. The molecular formula is C21H38NOS+. The molecule has 0 aliphatic rings. The van der Waals surface area contributed by atoms with Crippen molar-refractivity contribution in [2.45, 2.75) is 88.5 Å². The topological polar surface area (TPSA) is 32.3 Å². The van der Waals surface area contributed by atoms with Crippen LogP contribution in [-0.2, 0) is 10.9 Å². The molecule has 0 heterocycles. The van der Waals surface area contributed by atoms with E-state index in [-0.39, 0.29) is 16.9 Å². The maximum absolute atomic E-state index is 10.5. The summed E-state index contributed by atoms with van der Waals surface area (Å²) in [6, 6.07) is 8.64. The van der Waals surface area contributed by atoms with Crippen LogP contribution in [0.2, 0.25) is 0 Å². The van der Waals surface area contributed by atoms with Crippen molar-refractivity contribution in [1.29, 1.82) is 0 Å². The fraction of sp³-hybridized carbons (Fsp3) is 0.714. The monoisotopic (exact) mass is 352 g/mol. The van der Waals surface area contributed by atoms with E-state index in [2.05, 4.69) is 63.5 Å². The van der Waals surface area contributed by atoms with Gasteiger partial charge < -0.3 is 10.4 Å². The standard InChI is InChI=1S/C21H38NOS/c1-6-7-8-9-10-11-16-22-18(4)21(23)19-12-14-20(15-13-19)24(5)17(2)3/h12-15,17-18,21-23H,6-11,16H2,1-5H3/q+1. The first-order chi connectivity index (χ1) is 11.5. The van der Waals surface area contributed by atoms with Gasteiger partial charge in [-0.2, -0.15) is 0 Å². The second kappa shape index (κ2) is 11.9. The Labute approximate surface area is 152 Å². The van der Waals surface area contributed by atoms with Gasteiger partial charge in [0.1, 0.15) is 11.5 Å². The molecule has 0 bridgehead atoms. The minimum absolute atomic E-state index is 0.0939. The third-order valence-corrected chi connectivity index (χ3v) is 7.20. The van der Waals surface area contributed by atoms with Crippen LogP contribution < -0.4 is 5.32 Å². The van der Waals surface area contributed by atoms with Crippen LogP contribution >= 0.6 is 0 Å². The molecule has 1 aromatic carbocycles. The second-order valence-corrected chi connectivity index (χ2v) is 9.66. The fourth-order valence-electron chi connectivity index (χ4n) is 2.79. The predicted molar refractivity (Wildman–Crippen MR) is 109 cm³/mol. The minimum Gasteiger partial charge on any atom is -0.387 e. The smallest absolute Gasteiger partial charge is 0.154 e. The summed E-state index contributed by atoms with van der Waals surface area (Å²) in [6.07, 6.45) is 9.70. The lowest BCUT2D eigenvalue weighted by atomic mass is 10.0. The van der Waals surface area contributed by atoms with Crippen molar-refractivity contribution in [3.8, 4) is 0 Å². The summed E-state index contributed by atoms with van der Waals surface area (Å²) in [6.45, 7) is 9.85. The molecule has 0 saturated carbocycles. The molecule has 2 N–H and O–H groups in total.